The van der Waals surface area contributed by atoms with Gasteiger partial charge in [-0.15, -0.1) is 0 Å². The van der Waals surface area contributed by atoms with E-state index in [1.807, 2.05) is 0 Å². The van der Waals surface area contributed by atoms with Crippen LogP contribution in [0, 0.1) is 5.92 Å². The monoisotopic (exact) mass is 200 g/mol. The van der Waals surface area contributed by atoms with Gasteiger partial charge in [-0.2, -0.15) is 0 Å². The zero-order chi connectivity index (χ0) is 10.1. The highest BCUT2D eigenvalue weighted by Gasteiger charge is 2.44. The molecule has 2 aliphatic rings. The SMILES string of the molecule is O=C(CO)OC1CCC2CC1OC2=O. The largest absolute Gasteiger partial charge is 0.458 e. The molecule has 1 heterocycles. The number of hydrogen-bond donors (Lipinski definition) is 1. The summed E-state index contributed by atoms with van der Waals surface area (Å²) in [6, 6.07) is 0. The molecule has 1 N–H and O–H groups in total. The molecule has 1 aliphatic heterocycles. The van der Waals surface area contributed by atoms with Crippen LogP contribution in [0.5, 0.6) is 0 Å². The summed E-state index contributed by atoms with van der Waals surface area (Å²) in [4.78, 5) is 22.0. The Morgan fingerprint density at radius 3 is 3.07 bits per heavy atom. The Morgan fingerprint density at radius 1 is 1.57 bits per heavy atom. The van der Waals surface area contributed by atoms with Crippen molar-refractivity contribution in [2.75, 3.05) is 6.61 Å². The number of aliphatic hydroxyl groups is 1. The van der Waals surface area contributed by atoms with E-state index in [0.717, 1.165) is 0 Å². The second-order valence-electron chi connectivity index (χ2n) is 3.67. The summed E-state index contributed by atoms with van der Waals surface area (Å²) in [6.07, 6.45) is 1.34. The molecule has 2 bridgehead atoms. The third-order valence-electron chi connectivity index (χ3n) is 2.74. The summed E-state index contributed by atoms with van der Waals surface area (Å²) in [5.74, 6) is -0.849. The molecule has 2 fully saturated rings. The maximum absolute atomic E-state index is 11.1. The van der Waals surface area contributed by atoms with Crippen molar-refractivity contribution in [3.05, 3.63) is 0 Å². The van der Waals surface area contributed by atoms with Gasteiger partial charge in [0.05, 0.1) is 5.92 Å². The molecule has 0 aromatic carbocycles. The molecule has 1 saturated heterocycles. The van der Waals surface area contributed by atoms with Crippen molar-refractivity contribution in [2.45, 2.75) is 31.5 Å². The van der Waals surface area contributed by atoms with Crippen molar-refractivity contribution >= 4 is 11.9 Å². The van der Waals surface area contributed by atoms with E-state index in [-0.39, 0.29) is 24.1 Å². The maximum atomic E-state index is 11.1. The fourth-order valence-electron chi connectivity index (χ4n) is 2.03. The van der Waals surface area contributed by atoms with Gasteiger partial charge in [-0.3, -0.25) is 4.79 Å². The number of fused-ring (bicyclic) bond motifs is 2. The van der Waals surface area contributed by atoms with Gasteiger partial charge in [0, 0.05) is 6.42 Å². The number of carbonyl (C=O) groups is 2. The molecule has 78 valence electrons. The van der Waals surface area contributed by atoms with Gasteiger partial charge in [0.2, 0.25) is 0 Å². The number of carbonyl (C=O) groups excluding carboxylic acids is 2. The first-order valence-electron chi connectivity index (χ1n) is 4.71. The van der Waals surface area contributed by atoms with Crippen LogP contribution in [-0.2, 0) is 19.1 Å². The molecule has 0 aromatic heterocycles. The molecular formula is C9H12O5. The Hall–Kier alpha value is -1.10. The minimum absolute atomic E-state index is 0.0101. The predicted molar refractivity (Wildman–Crippen MR) is 44.2 cm³/mol. The minimum atomic E-state index is -0.656. The van der Waals surface area contributed by atoms with E-state index in [2.05, 4.69) is 0 Å². The Labute approximate surface area is 81.0 Å². The lowest BCUT2D eigenvalue weighted by molar-refractivity contribution is -0.163. The fraction of sp³-hybridized carbons (Fsp3) is 0.778. The highest BCUT2D eigenvalue weighted by atomic mass is 16.6. The topological polar surface area (TPSA) is 72.8 Å². The van der Waals surface area contributed by atoms with Crippen molar-refractivity contribution in [1.29, 1.82) is 0 Å². The van der Waals surface area contributed by atoms with Gasteiger partial charge in [-0.1, -0.05) is 0 Å². The van der Waals surface area contributed by atoms with Gasteiger partial charge in [-0.05, 0) is 12.8 Å². The van der Waals surface area contributed by atoms with Gasteiger partial charge in [0.1, 0.15) is 18.8 Å². The van der Waals surface area contributed by atoms with Gasteiger partial charge in [0.25, 0.3) is 0 Å². The van der Waals surface area contributed by atoms with Crippen LogP contribution in [-0.4, -0.2) is 35.9 Å². The van der Waals surface area contributed by atoms with Crippen LogP contribution in [0.1, 0.15) is 19.3 Å². The summed E-state index contributed by atoms with van der Waals surface area (Å²) >= 11 is 0. The van der Waals surface area contributed by atoms with Gasteiger partial charge < -0.3 is 14.6 Å². The standard InChI is InChI=1S/C9H12O5/c10-4-8(11)13-6-2-1-5-3-7(6)14-9(5)12/h5-7,10H,1-4H2. The van der Waals surface area contributed by atoms with Crippen LogP contribution in [0.2, 0.25) is 0 Å². The smallest absolute Gasteiger partial charge is 0.332 e. The number of esters is 2. The highest BCUT2D eigenvalue weighted by Crippen LogP contribution is 2.35. The van der Waals surface area contributed by atoms with Gasteiger partial charge in [-0.25, -0.2) is 4.79 Å². The first kappa shape index (κ1) is 9.45. The summed E-state index contributed by atoms with van der Waals surface area (Å²) in [5, 5.41) is 8.50. The first-order chi connectivity index (χ1) is 6.70. The normalized spacial score (nSPS) is 35.2. The summed E-state index contributed by atoms with van der Waals surface area (Å²) in [6.45, 7) is -0.624. The summed E-state index contributed by atoms with van der Waals surface area (Å²) in [5.41, 5.74) is 0. The van der Waals surface area contributed by atoms with Crippen molar-refractivity contribution in [1.82, 2.24) is 0 Å². The molecule has 0 radical (unpaired) electrons. The molecule has 5 nitrogen and oxygen atoms in total. The second kappa shape index (κ2) is 3.57. The fourth-order valence-corrected chi connectivity index (χ4v) is 2.03. The van der Waals surface area contributed by atoms with Crippen LogP contribution in [0.25, 0.3) is 0 Å². The number of rotatable bonds is 2. The van der Waals surface area contributed by atoms with Crippen LogP contribution in [0.3, 0.4) is 0 Å². The molecule has 1 saturated carbocycles. The number of hydrogen-bond acceptors (Lipinski definition) is 5. The van der Waals surface area contributed by atoms with Crippen molar-refractivity contribution in [3.63, 3.8) is 0 Å². The van der Waals surface area contributed by atoms with Crippen LogP contribution in [0.15, 0.2) is 0 Å². The Morgan fingerprint density at radius 2 is 2.36 bits per heavy atom. The quantitative estimate of drug-likeness (QED) is 0.615. The second-order valence-corrected chi connectivity index (χ2v) is 3.67. The van der Waals surface area contributed by atoms with Crippen LogP contribution in [0.4, 0.5) is 0 Å². The zero-order valence-corrected chi connectivity index (χ0v) is 7.64. The van der Waals surface area contributed by atoms with Crippen molar-refractivity contribution in [2.24, 2.45) is 5.92 Å². The molecule has 2 rings (SSSR count). The third-order valence-corrected chi connectivity index (χ3v) is 2.74. The van der Waals surface area contributed by atoms with E-state index < -0.39 is 12.6 Å². The molecule has 5 heteroatoms. The number of ether oxygens (including phenoxy) is 2. The maximum Gasteiger partial charge on any atom is 0.332 e. The predicted octanol–water partition coefficient (Wildman–Crippen LogP) is -0.384. The molecule has 3 atom stereocenters. The zero-order valence-electron chi connectivity index (χ0n) is 7.64. The van der Waals surface area contributed by atoms with E-state index in [9.17, 15) is 9.59 Å². The van der Waals surface area contributed by atoms with Crippen LogP contribution >= 0.6 is 0 Å². The highest BCUT2D eigenvalue weighted by molar-refractivity contribution is 5.75. The Bertz CT molecular complexity index is 262. The summed E-state index contributed by atoms with van der Waals surface area (Å²) in [7, 11) is 0. The lowest BCUT2D eigenvalue weighted by atomic mass is 9.88. The third kappa shape index (κ3) is 1.59. The van der Waals surface area contributed by atoms with Crippen molar-refractivity contribution in [3.8, 4) is 0 Å². The molecule has 14 heavy (non-hydrogen) atoms. The van der Waals surface area contributed by atoms with Gasteiger partial charge >= 0.3 is 11.9 Å². The average molecular weight is 200 g/mol. The average Bonchev–Trinajstić information content (AvgIpc) is 2.48. The van der Waals surface area contributed by atoms with E-state index >= 15 is 0 Å². The Balaban J connectivity index is 1.95. The first-order valence-corrected chi connectivity index (χ1v) is 4.71. The summed E-state index contributed by atoms with van der Waals surface area (Å²) < 4.78 is 10.00. The van der Waals surface area contributed by atoms with E-state index in [4.69, 9.17) is 14.6 Å². The molecule has 0 amide bonds. The molecule has 0 aromatic rings. The lowest BCUT2D eigenvalue weighted by Crippen LogP contribution is -2.34. The lowest BCUT2D eigenvalue weighted by Gasteiger charge is -2.25. The minimum Gasteiger partial charge on any atom is -0.458 e. The van der Waals surface area contributed by atoms with Crippen molar-refractivity contribution < 1.29 is 24.2 Å². The van der Waals surface area contributed by atoms with Gasteiger partial charge in [0.15, 0.2) is 0 Å². The molecule has 1 aliphatic carbocycles. The number of aliphatic hydroxyl groups excluding tert-OH is 1. The van der Waals surface area contributed by atoms with E-state index in [1.54, 1.807) is 0 Å². The van der Waals surface area contributed by atoms with E-state index in [1.165, 1.54) is 0 Å². The Kier molecular flexibility index (Phi) is 2.41. The molecular weight excluding hydrogens is 188 g/mol. The van der Waals surface area contributed by atoms with Crippen LogP contribution < -0.4 is 0 Å². The van der Waals surface area contributed by atoms with E-state index in [0.29, 0.717) is 19.3 Å². The molecule has 0 spiro atoms. The molecule has 3 unspecified atom stereocenters.